The van der Waals surface area contributed by atoms with Crippen LogP contribution >= 0.6 is 11.6 Å². The molecule has 7 heteroatoms. The average molecular weight is 335 g/mol. The van der Waals surface area contributed by atoms with Crippen molar-refractivity contribution in [2.24, 2.45) is 0 Å². The van der Waals surface area contributed by atoms with Gasteiger partial charge in [0.05, 0.1) is 5.70 Å². The molecule has 0 aromatic heterocycles. The molecule has 1 amide bonds. The van der Waals surface area contributed by atoms with Gasteiger partial charge in [-0.15, -0.1) is 0 Å². The Kier molecular flexibility index (Phi) is 5.32. The number of amides is 1. The lowest BCUT2D eigenvalue weighted by atomic mass is 10.1. The first-order chi connectivity index (χ1) is 11.0. The van der Waals surface area contributed by atoms with E-state index in [-0.39, 0.29) is 29.4 Å². The Labute approximate surface area is 137 Å². The Balaban J connectivity index is 1.83. The number of rotatable bonds is 6. The molecule has 120 valence electrons. The molecule has 6 nitrogen and oxygen atoms in total. The molecular formula is C16H15ClN2O4. The van der Waals surface area contributed by atoms with Crippen LogP contribution in [-0.4, -0.2) is 22.7 Å². The number of benzene rings is 2. The molecule has 0 aliphatic carbocycles. The van der Waals surface area contributed by atoms with Crippen LogP contribution in [0.4, 0.5) is 0 Å². The van der Waals surface area contributed by atoms with Gasteiger partial charge in [0.1, 0.15) is 17.2 Å². The first-order valence-electron chi connectivity index (χ1n) is 6.60. The summed E-state index contributed by atoms with van der Waals surface area (Å²) in [6.45, 7) is 3.46. The van der Waals surface area contributed by atoms with E-state index in [1.165, 1.54) is 18.2 Å². The maximum Gasteiger partial charge on any atom is 0.276 e. The van der Waals surface area contributed by atoms with Gasteiger partial charge in [0, 0.05) is 10.6 Å². The molecule has 2 rings (SSSR count). The first-order valence-corrected chi connectivity index (χ1v) is 6.98. The summed E-state index contributed by atoms with van der Waals surface area (Å²) in [6, 6.07) is 10.6. The largest absolute Gasteiger partial charge is 0.508 e. The zero-order valence-electron chi connectivity index (χ0n) is 12.0. The fourth-order valence-electron chi connectivity index (χ4n) is 1.69. The maximum atomic E-state index is 11.7. The van der Waals surface area contributed by atoms with Crippen LogP contribution in [-0.2, 0) is 4.79 Å². The van der Waals surface area contributed by atoms with Crippen molar-refractivity contribution in [1.29, 1.82) is 0 Å². The van der Waals surface area contributed by atoms with E-state index in [4.69, 9.17) is 16.3 Å². The van der Waals surface area contributed by atoms with Gasteiger partial charge in [0.2, 0.25) is 0 Å². The Morgan fingerprint density at radius 2 is 1.83 bits per heavy atom. The van der Waals surface area contributed by atoms with E-state index < -0.39 is 5.91 Å². The number of hydrogen-bond donors (Lipinski definition) is 4. The molecule has 23 heavy (non-hydrogen) atoms. The Bertz CT molecular complexity index is 717. The molecule has 0 saturated carbocycles. The van der Waals surface area contributed by atoms with E-state index in [2.05, 4.69) is 17.4 Å². The molecule has 2 aromatic rings. The second-order valence-corrected chi connectivity index (χ2v) is 5.03. The number of carbonyl (C=O) groups is 1. The summed E-state index contributed by atoms with van der Waals surface area (Å²) in [4.78, 5) is 11.7. The van der Waals surface area contributed by atoms with Crippen LogP contribution in [0.3, 0.4) is 0 Å². The molecule has 0 unspecified atom stereocenters. The number of hydrogen-bond acceptors (Lipinski definition) is 5. The van der Waals surface area contributed by atoms with Crippen LogP contribution in [0, 0.1) is 0 Å². The van der Waals surface area contributed by atoms with Gasteiger partial charge < -0.3 is 14.9 Å². The topological polar surface area (TPSA) is 90.8 Å². The van der Waals surface area contributed by atoms with E-state index in [9.17, 15) is 15.0 Å². The number of carbonyl (C=O) groups excluding carboxylic acids is 1. The summed E-state index contributed by atoms with van der Waals surface area (Å²) >= 11 is 5.75. The highest BCUT2D eigenvalue weighted by molar-refractivity contribution is 6.30. The zero-order chi connectivity index (χ0) is 16.8. The monoisotopic (exact) mass is 334 g/mol. The van der Waals surface area contributed by atoms with Crippen molar-refractivity contribution in [1.82, 2.24) is 10.9 Å². The van der Waals surface area contributed by atoms with Crippen molar-refractivity contribution in [3.63, 3.8) is 0 Å². The van der Waals surface area contributed by atoms with Gasteiger partial charge in [-0.2, -0.15) is 0 Å². The Morgan fingerprint density at radius 1 is 1.13 bits per heavy atom. The second kappa shape index (κ2) is 7.42. The molecule has 0 aliphatic heterocycles. The number of hydrazine groups is 1. The Hall–Kier alpha value is -2.86. The third kappa shape index (κ3) is 4.82. The van der Waals surface area contributed by atoms with Crippen molar-refractivity contribution >= 4 is 23.2 Å². The van der Waals surface area contributed by atoms with E-state index >= 15 is 0 Å². The number of nitrogens with one attached hydrogen (secondary N) is 2. The highest BCUT2D eigenvalue weighted by atomic mass is 35.5. The third-order valence-electron chi connectivity index (χ3n) is 2.84. The molecule has 0 radical (unpaired) electrons. The van der Waals surface area contributed by atoms with E-state index in [1.54, 1.807) is 24.3 Å². The summed E-state index contributed by atoms with van der Waals surface area (Å²) in [5.74, 6) is -0.0418. The molecule has 4 N–H and O–H groups in total. The smallest absolute Gasteiger partial charge is 0.276 e. The van der Waals surface area contributed by atoms with Crippen LogP contribution in [0.25, 0.3) is 5.70 Å². The van der Waals surface area contributed by atoms with Gasteiger partial charge in [0.25, 0.3) is 5.91 Å². The van der Waals surface area contributed by atoms with Crippen molar-refractivity contribution in [2.45, 2.75) is 0 Å². The average Bonchev–Trinajstić information content (AvgIpc) is 2.54. The van der Waals surface area contributed by atoms with Crippen LogP contribution in [0.1, 0.15) is 5.56 Å². The number of phenolic OH excluding ortho intramolecular Hbond substituents is 2. The predicted molar refractivity (Wildman–Crippen MR) is 87.0 cm³/mol. The summed E-state index contributed by atoms with van der Waals surface area (Å²) in [5.41, 5.74) is 5.41. The van der Waals surface area contributed by atoms with E-state index in [0.717, 1.165) is 0 Å². The minimum absolute atomic E-state index is 0.0295. The first kappa shape index (κ1) is 16.5. The van der Waals surface area contributed by atoms with Crippen LogP contribution < -0.4 is 15.6 Å². The number of aromatic hydroxyl groups is 2. The lowest BCUT2D eigenvalue weighted by molar-refractivity contribution is -0.123. The minimum atomic E-state index is -0.444. The highest BCUT2D eigenvalue weighted by Crippen LogP contribution is 2.26. The lowest BCUT2D eigenvalue weighted by Crippen LogP contribution is -2.38. The fourth-order valence-corrected chi connectivity index (χ4v) is 1.82. The molecule has 0 atom stereocenters. The van der Waals surface area contributed by atoms with Crippen molar-refractivity contribution in [3.8, 4) is 17.2 Å². The maximum absolute atomic E-state index is 11.7. The molecule has 0 fully saturated rings. The van der Waals surface area contributed by atoms with Gasteiger partial charge in [-0.05, 0) is 42.5 Å². The lowest BCUT2D eigenvalue weighted by Gasteiger charge is -2.13. The number of ether oxygens (including phenoxy) is 1. The third-order valence-corrected chi connectivity index (χ3v) is 3.09. The van der Waals surface area contributed by atoms with Gasteiger partial charge in [-0.1, -0.05) is 18.2 Å². The standard InChI is InChI=1S/C16H15ClN2O4/c1-10(14-8-12(20)4-7-15(14)21)18-19-16(22)9-23-13-5-2-11(17)3-6-13/h2-8,18,20-21H,1,9H2,(H,19,22). The quantitative estimate of drug-likeness (QED) is 0.481. The number of phenols is 2. The molecule has 0 saturated heterocycles. The van der Waals surface area contributed by atoms with E-state index in [1.807, 2.05) is 0 Å². The molecule has 2 aromatic carbocycles. The van der Waals surface area contributed by atoms with Gasteiger partial charge in [-0.25, -0.2) is 0 Å². The second-order valence-electron chi connectivity index (χ2n) is 4.60. The molecule has 0 aliphatic rings. The van der Waals surface area contributed by atoms with E-state index in [0.29, 0.717) is 10.8 Å². The minimum Gasteiger partial charge on any atom is -0.508 e. The SMILES string of the molecule is C=C(NNC(=O)COc1ccc(Cl)cc1)c1cc(O)ccc1O. The number of halogens is 1. The summed E-state index contributed by atoms with van der Waals surface area (Å²) in [6.07, 6.45) is 0. The zero-order valence-corrected chi connectivity index (χ0v) is 12.8. The normalized spacial score (nSPS) is 9.96. The van der Waals surface area contributed by atoms with Gasteiger partial charge >= 0.3 is 0 Å². The van der Waals surface area contributed by atoms with Crippen LogP contribution in [0.15, 0.2) is 49.0 Å². The fraction of sp³-hybridized carbons (Fsp3) is 0.0625. The van der Waals surface area contributed by atoms with Crippen LogP contribution in [0.5, 0.6) is 17.2 Å². The van der Waals surface area contributed by atoms with Gasteiger partial charge in [-0.3, -0.25) is 15.6 Å². The van der Waals surface area contributed by atoms with Gasteiger partial charge in [0.15, 0.2) is 6.61 Å². The predicted octanol–water partition coefficient (Wildman–Crippen LogP) is 2.42. The summed E-state index contributed by atoms with van der Waals surface area (Å²) in [7, 11) is 0. The molecular weight excluding hydrogens is 320 g/mol. The van der Waals surface area contributed by atoms with Crippen molar-refractivity contribution in [2.75, 3.05) is 6.61 Å². The molecule has 0 heterocycles. The van der Waals surface area contributed by atoms with Crippen molar-refractivity contribution in [3.05, 3.63) is 59.6 Å². The van der Waals surface area contributed by atoms with Crippen LogP contribution in [0.2, 0.25) is 5.02 Å². The molecule has 0 bridgehead atoms. The summed E-state index contributed by atoms with van der Waals surface area (Å²) in [5, 5.41) is 19.7. The molecule has 0 spiro atoms. The Morgan fingerprint density at radius 3 is 2.52 bits per heavy atom. The highest BCUT2D eigenvalue weighted by Gasteiger charge is 2.08. The summed E-state index contributed by atoms with van der Waals surface area (Å²) < 4.78 is 5.27. The van der Waals surface area contributed by atoms with Crippen molar-refractivity contribution < 1.29 is 19.7 Å².